The van der Waals surface area contributed by atoms with Crippen molar-refractivity contribution in [2.24, 2.45) is 0 Å². The SMILES string of the molecule is CNc1ccc([N+](=O)[O-])c(S(=O)(=O)N(C)C2CCOC2)c1. The van der Waals surface area contributed by atoms with Gasteiger partial charge in [0, 0.05) is 32.5 Å². The smallest absolute Gasteiger partial charge is 0.289 e. The van der Waals surface area contributed by atoms with Crippen LogP contribution in [0.5, 0.6) is 0 Å². The molecule has 0 aliphatic carbocycles. The van der Waals surface area contributed by atoms with E-state index in [-0.39, 0.29) is 10.9 Å². The molecule has 21 heavy (non-hydrogen) atoms. The molecule has 0 amide bonds. The van der Waals surface area contributed by atoms with Crippen molar-refractivity contribution < 1.29 is 18.1 Å². The topological polar surface area (TPSA) is 102 Å². The summed E-state index contributed by atoms with van der Waals surface area (Å²) in [6, 6.07) is 3.64. The Hall–Kier alpha value is -1.71. The maximum absolute atomic E-state index is 12.7. The Balaban J connectivity index is 2.49. The first-order valence-electron chi connectivity index (χ1n) is 6.40. The number of sulfonamides is 1. The summed E-state index contributed by atoms with van der Waals surface area (Å²) in [5, 5.41) is 13.9. The molecule has 9 heteroatoms. The van der Waals surface area contributed by atoms with Crippen molar-refractivity contribution in [2.45, 2.75) is 17.4 Å². The highest BCUT2D eigenvalue weighted by Gasteiger charge is 2.35. The molecule has 0 radical (unpaired) electrons. The van der Waals surface area contributed by atoms with Gasteiger partial charge in [0.2, 0.25) is 10.0 Å². The normalized spacial score (nSPS) is 18.9. The number of nitrogens with zero attached hydrogens (tertiary/aromatic N) is 2. The molecule has 1 aromatic carbocycles. The van der Waals surface area contributed by atoms with Crippen LogP contribution in [-0.2, 0) is 14.8 Å². The van der Waals surface area contributed by atoms with Gasteiger partial charge in [0.05, 0.1) is 17.6 Å². The molecular weight excluding hydrogens is 298 g/mol. The van der Waals surface area contributed by atoms with Crippen LogP contribution in [0, 0.1) is 10.1 Å². The number of nitro benzene ring substituents is 1. The van der Waals surface area contributed by atoms with Crippen molar-refractivity contribution in [1.29, 1.82) is 0 Å². The molecule has 1 heterocycles. The zero-order valence-electron chi connectivity index (χ0n) is 11.8. The van der Waals surface area contributed by atoms with E-state index in [4.69, 9.17) is 4.74 Å². The van der Waals surface area contributed by atoms with E-state index in [1.54, 1.807) is 7.05 Å². The summed E-state index contributed by atoms with van der Waals surface area (Å²) in [5.41, 5.74) is 0.0648. The quantitative estimate of drug-likeness (QED) is 0.643. The highest BCUT2D eigenvalue weighted by atomic mass is 32.2. The van der Waals surface area contributed by atoms with Gasteiger partial charge in [-0.15, -0.1) is 0 Å². The molecule has 1 aromatic rings. The molecule has 1 fully saturated rings. The van der Waals surface area contributed by atoms with Gasteiger partial charge in [-0.25, -0.2) is 8.42 Å². The Kier molecular flexibility index (Phi) is 4.45. The van der Waals surface area contributed by atoms with Gasteiger partial charge in [0.15, 0.2) is 4.90 Å². The van der Waals surface area contributed by atoms with Gasteiger partial charge in [-0.1, -0.05) is 0 Å². The van der Waals surface area contributed by atoms with Crippen LogP contribution in [0.2, 0.25) is 0 Å². The van der Waals surface area contributed by atoms with Gasteiger partial charge in [-0.2, -0.15) is 4.31 Å². The number of nitro groups is 1. The molecule has 1 N–H and O–H groups in total. The number of nitrogens with one attached hydrogen (secondary N) is 1. The second-order valence-electron chi connectivity index (χ2n) is 4.73. The lowest BCUT2D eigenvalue weighted by Gasteiger charge is -2.22. The fraction of sp³-hybridized carbons (Fsp3) is 0.500. The van der Waals surface area contributed by atoms with Crippen molar-refractivity contribution in [2.75, 3.05) is 32.6 Å². The van der Waals surface area contributed by atoms with Gasteiger partial charge < -0.3 is 10.1 Å². The van der Waals surface area contributed by atoms with Crippen LogP contribution in [0.3, 0.4) is 0 Å². The van der Waals surface area contributed by atoms with E-state index in [1.807, 2.05) is 0 Å². The largest absolute Gasteiger partial charge is 0.388 e. The lowest BCUT2D eigenvalue weighted by Crippen LogP contribution is -2.37. The van der Waals surface area contributed by atoms with Crippen molar-refractivity contribution >= 4 is 21.4 Å². The van der Waals surface area contributed by atoms with Crippen molar-refractivity contribution in [3.8, 4) is 0 Å². The minimum Gasteiger partial charge on any atom is -0.388 e. The number of likely N-dealkylation sites (N-methyl/N-ethyl adjacent to an activating group) is 1. The average Bonchev–Trinajstić information content (AvgIpc) is 2.99. The monoisotopic (exact) mass is 315 g/mol. The second-order valence-corrected chi connectivity index (χ2v) is 6.69. The Morgan fingerprint density at radius 3 is 2.71 bits per heavy atom. The van der Waals surface area contributed by atoms with E-state index in [2.05, 4.69) is 5.32 Å². The zero-order chi connectivity index (χ0) is 15.6. The summed E-state index contributed by atoms with van der Waals surface area (Å²) in [4.78, 5) is 10.1. The molecule has 2 rings (SSSR count). The second kappa shape index (κ2) is 5.96. The molecule has 0 saturated carbocycles. The summed E-state index contributed by atoms with van der Waals surface area (Å²) < 4.78 is 31.6. The number of hydrogen-bond donors (Lipinski definition) is 1. The third-order valence-corrected chi connectivity index (χ3v) is 5.46. The van der Waals surface area contributed by atoms with E-state index in [9.17, 15) is 18.5 Å². The summed E-state index contributed by atoms with van der Waals surface area (Å²) in [6.45, 7) is 0.790. The predicted molar refractivity (Wildman–Crippen MR) is 76.8 cm³/mol. The van der Waals surface area contributed by atoms with Crippen LogP contribution in [0.25, 0.3) is 0 Å². The molecule has 1 saturated heterocycles. The first-order chi connectivity index (χ1) is 9.87. The van der Waals surface area contributed by atoms with Crippen LogP contribution in [0.1, 0.15) is 6.42 Å². The fourth-order valence-corrected chi connectivity index (χ4v) is 3.74. The average molecular weight is 315 g/mol. The van der Waals surface area contributed by atoms with Gasteiger partial charge in [-0.3, -0.25) is 10.1 Å². The standard InChI is InChI=1S/C12H17N3O5S/c1-13-9-3-4-11(15(16)17)12(7-9)21(18,19)14(2)10-5-6-20-8-10/h3-4,7,10,13H,5-6,8H2,1-2H3. The molecular formula is C12H17N3O5S. The highest BCUT2D eigenvalue weighted by molar-refractivity contribution is 7.89. The van der Waals surface area contributed by atoms with Gasteiger partial charge >= 0.3 is 0 Å². The van der Waals surface area contributed by atoms with Crippen molar-refractivity contribution in [3.05, 3.63) is 28.3 Å². The van der Waals surface area contributed by atoms with Crippen LogP contribution in [0.4, 0.5) is 11.4 Å². The zero-order valence-corrected chi connectivity index (χ0v) is 12.6. The summed E-state index contributed by atoms with van der Waals surface area (Å²) in [6.07, 6.45) is 0.579. The fourth-order valence-electron chi connectivity index (χ4n) is 2.19. The first kappa shape index (κ1) is 15.7. The molecule has 1 unspecified atom stereocenters. The number of hydrogen-bond acceptors (Lipinski definition) is 6. The third kappa shape index (κ3) is 2.99. The summed E-state index contributed by atoms with van der Waals surface area (Å²) in [7, 11) is -0.921. The predicted octanol–water partition coefficient (Wildman–Crippen LogP) is 1.05. The Morgan fingerprint density at radius 1 is 1.48 bits per heavy atom. The maximum Gasteiger partial charge on any atom is 0.289 e. The molecule has 1 aliphatic rings. The maximum atomic E-state index is 12.7. The van der Waals surface area contributed by atoms with Crippen LogP contribution in [-0.4, -0.2) is 51.0 Å². The van der Waals surface area contributed by atoms with Gasteiger partial charge in [0.1, 0.15) is 0 Å². The minimum atomic E-state index is -3.96. The van der Waals surface area contributed by atoms with E-state index in [0.717, 1.165) is 4.31 Å². The van der Waals surface area contributed by atoms with Crippen LogP contribution >= 0.6 is 0 Å². The van der Waals surface area contributed by atoms with Crippen molar-refractivity contribution in [3.63, 3.8) is 0 Å². The van der Waals surface area contributed by atoms with E-state index < -0.39 is 20.6 Å². The number of benzene rings is 1. The Bertz CT molecular complexity index is 640. The third-order valence-electron chi connectivity index (χ3n) is 3.52. The Labute approximate surface area is 122 Å². The highest BCUT2D eigenvalue weighted by Crippen LogP contribution is 2.30. The van der Waals surface area contributed by atoms with Crippen molar-refractivity contribution in [1.82, 2.24) is 4.31 Å². The Morgan fingerprint density at radius 2 is 2.19 bits per heavy atom. The first-order valence-corrected chi connectivity index (χ1v) is 7.84. The molecule has 1 aliphatic heterocycles. The van der Waals surface area contributed by atoms with Gasteiger partial charge in [0.25, 0.3) is 5.69 Å². The summed E-state index contributed by atoms with van der Waals surface area (Å²) >= 11 is 0. The van der Waals surface area contributed by atoms with Gasteiger partial charge in [-0.05, 0) is 18.6 Å². The molecule has 0 spiro atoms. The van der Waals surface area contributed by atoms with E-state index in [0.29, 0.717) is 25.3 Å². The van der Waals surface area contributed by atoms with E-state index >= 15 is 0 Å². The summed E-state index contributed by atoms with van der Waals surface area (Å²) in [5.74, 6) is 0. The lowest BCUT2D eigenvalue weighted by atomic mass is 10.3. The van der Waals surface area contributed by atoms with Crippen LogP contribution < -0.4 is 5.32 Å². The number of anilines is 1. The molecule has 0 bridgehead atoms. The molecule has 116 valence electrons. The lowest BCUT2D eigenvalue weighted by molar-refractivity contribution is -0.387. The number of ether oxygens (including phenoxy) is 1. The van der Waals surface area contributed by atoms with Crippen LogP contribution in [0.15, 0.2) is 23.1 Å². The minimum absolute atomic E-state index is 0.298. The molecule has 0 aromatic heterocycles. The molecule has 8 nitrogen and oxygen atoms in total. The van der Waals surface area contributed by atoms with E-state index in [1.165, 1.54) is 25.2 Å². The molecule has 1 atom stereocenters. The number of rotatable bonds is 5.